The van der Waals surface area contributed by atoms with Crippen molar-refractivity contribution in [3.8, 4) is 0 Å². The van der Waals surface area contributed by atoms with Crippen LogP contribution in [-0.2, 0) is 17.1 Å². The van der Waals surface area contributed by atoms with Crippen molar-refractivity contribution in [2.24, 2.45) is 13.0 Å². The van der Waals surface area contributed by atoms with Gasteiger partial charge in [-0.15, -0.1) is 0 Å². The summed E-state index contributed by atoms with van der Waals surface area (Å²) in [5.74, 6) is 1.58. The van der Waals surface area contributed by atoms with Gasteiger partial charge in [0.2, 0.25) is 10.0 Å². The Labute approximate surface area is 114 Å². The van der Waals surface area contributed by atoms with Gasteiger partial charge in [0.05, 0.1) is 11.9 Å². The van der Waals surface area contributed by atoms with Crippen molar-refractivity contribution in [2.75, 3.05) is 18.5 Å². The topological polar surface area (TPSA) is 90.0 Å². The molecule has 3 N–H and O–H groups in total. The predicted octanol–water partition coefficient (Wildman–Crippen LogP) is 0.825. The Balaban J connectivity index is 1.85. The summed E-state index contributed by atoms with van der Waals surface area (Å²) in [6.07, 6.45) is 5.36. The minimum absolute atomic E-state index is 0.437. The molecule has 0 atom stereocenters. The Morgan fingerprint density at radius 1 is 1.42 bits per heavy atom. The van der Waals surface area contributed by atoms with E-state index in [0.29, 0.717) is 24.2 Å². The van der Waals surface area contributed by atoms with E-state index >= 15 is 0 Å². The van der Waals surface area contributed by atoms with E-state index in [0.717, 1.165) is 31.4 Å². The van der Waals surface area contributed by atoms with Crippen LogP contribution in [0.15, 0.2) is 6.07 Å². The van der Waals surface area contributed by atoms with Crippen LogP contribution >= 0.6 is 0 Å². The molecule has 1 saturated carbocycles. The van der Waals surface area contributed by atoms with Crippen molar-refractivity contribution in [3.05, 3.63) is 11.8 Å². The number of anilines is 1. The van der Waals surface area contributed by atoms with Crippen LogP contribution in [0.4, 0.5) is 5.82 Å². The molecule has 1 aliphatic rings. The van der Waals surface area contributed by atoms with Gasteiger partial charge >= 0.3 is 0 Å². The highest BCUT2D eigenvalue weighted by molar-refractivity contribution is 7.88. The van der Waals surface area contributed by atoms with Crippen molar-refractivity contribution in [2.45, 2.75) is 31.6 Å². The molecule has 0 radical (unpaired) electrons. The van der Waals surface area contributed by atoms with Crippen molar-refractivity contribution in [1.29, 1.82) is 0 Å². The van der Waals surface area contributed by atoms with Gasteiger partial charge in [-0.3, -0.25) is 4.68 Å². The highest BCUT2D eigenvalue weighted by Crippen LogP contribution is 2.35. The van der Waals surface area contributed by atoms with E-state index in [2.05, 4.69) is 9.82 Å². The summed E-state index contributed by atoms with van der Waals surface area (Å²) in [5, 5.41) is 4.42. The molecule has 0 aromatic carbocycles. The van der Waals surface area contributed by atoms with Gasteiger partial charge in [0.15, 0.2) is 0 Å². The van der Waals surface area contributed by atoms with Gasteiger partial charge in [-0.2, -0.15) is 5.10 Å². The quantitative estimate of drug-likeness (QED) is 0.857. The molecule has 19 heavy (non-hydrogen) atoms. The normalized spacial score (nSPS) is 24.5. The summed E-state index contributed by atoms with van der Waals surface area (Å²) < 4.78 is 26.4. The summed E-state index contributed by atoms with van der Waals surface area (Å²) in [4.78, 5) is 0. The first kappa shape index (κ1) is 14.3. The predicted molar refractivity (Wildman–Crippen MR) is 75.2 cm³/mol. The number of sulfonamides is 1. The molecule has 0 aliphatic heterocycles. The fourth-order valence-electron chi connectivity index (χ4n) is 2.64. The zero-order valence-electron chi connectivity index (χ0n) is 11.5. The number of hydrogen-bond acceptors (Lipinski definition) is 4. The molecule has 1 heterocycles. The van der Waals surface area contributed by atoms with Crippen LogP contribution < -0.4 is 10.5 Å². The van der Waals surface area contributed by atoms with Crippen LogP contribution in [0.3, 0.4) is 0 Å². The monoisotopic (exact) mass is 286 g/mol. The van der Waals surface area contributed by atoms with Crippen molar-refractivity contribution in [1.82, 2.24) is 14.5 Å². The number of nitrogens with two attached hydrogens (primary N) is 1. The van der Waals surface area contributed by atoms with Crippen LogP contribution in [0.5, 0.6) is 0 Å². The lowest BCUT2D eigenvalue weighted by molar-refractivity contribution is 0.322. The first-order chi connectivity index (χ1) is 8.85. The minimum atomic E-state index is -3.07. The molecule has 0 spiro atoms. The number of nitrogen functional groups attached to an aromatic ring is 1. The van der Waals surface area contributed by atoms with Crippen molar-refractivity contribution >= 4 is 15.8 Å². The third kappa shape index (κ3) is 3.94. The lowest BCUT2D eigenvalue weighted by Crippen LogP contribution is -2.30. The maximum absolute atomic E-state index is 11.1. The first-order valence-corrected chi connectivity index (χ1v) is 8.48. The first-order valence-electron chi connectivity index (χ1n) is 6.59. The number of nitrogens with zero attached hydrogens (tertiary/aromatic N) is 2. The highest BCUT2D eigenvalue weighted by atomic mass is 32.2. The Kier molecular flexibility index (Phi) is 4.15. The average Bonchev–Trinajstić information content (AvgIpc) is 2.67. The molecule has 0 bridgehead atoms. The van der Waals surface area contributed by atoms with E-state index in [1.165, 1.54) is 6.26 Å². The standard InChI is InChI=1S/C12H22N4O2S/c1-16-12(13)7-11(15-16)10-5-3-9(4-6-10)8-14-19(2,17)18/h7,9-10,14H,3-6,8,13H2,1-2H3. The van der Waals surface area contributed by atoms with Crippen LogP contribution in [0.25, 0.3) is 0 Å². The SMILES string of the molecule is Cn1nc(C2CCC(CNS(C)(=O)=O)CC2)cc1N. The molecule has 0 unspecified atom stereocenters. The summed E-state index contributed by atoms with van der Waals surface area (Å²) in [6, 6.07) is 1.94. The molecule has 108 valence electrons. The number of nitrogens with one attached hydrogen (secondary N) is 1. The van der Waals surface area contributed by atoms with Crippen LogP contribution in [-0.4, -0.2) is 31.0 Å². The number of rotatable bonds is 4. The largest absolute Gasteiger partial charge is 0.384 e. The van der Waals surface area contributed by atoms with Crippen molar-refractivity contribution in [3.63, 3.8) is 0 Å². The molecular formula is C12H22N4O2S. The van der Waals surface area contributed by atoms with Gasteiger partial charge in [0.25, 0.3) is 0 Å². The Bertz CT molecular complexity index is 510. The summed E-state index contributed by atoms with van der Waals surface area (Å²) >= 11 is 0. The molecular weight excluding hydrogens is 264 g/mol. The summed E-state index contributed by atoms with van der Waals surface area (Å²) in [5.41, 5.74) is 6.86. The van der Waals surface area contributed by atoms with Crippen LogP contribution in [0.2, 0.25) is 0 Å². The van der Waals surface area contributed by atoms with Crippen LogP contribution in [0, 0.1) is 5.92 Å². The van der Waals surface area contributed by atoms with Gasteiger partial charge in [0.1, 0.15) is 5.82 Å². The van der Waals surface area contributed by atoms with E-state index < -0.39 is 10.0 Å². The summed E-state index contributed by atoms with van der Waals surface area (Å²) in [6.45, 7) is 0.551. The van der Waals surface area contributed by atoms with E-state index in [1.807, 2.05) is 13.1 Å². The molecule has 7 heteroatoms. The highest BCUT2D eigenvalue weighted by Gasteiger charge is 2.24. The second-order valence-corrected chi connectivity index (χ2v) is 7.29. The van der Waals surface area contributed by atoms with Gasteiger partial charge in [-0.05, 0) is 31.6 Å². The fraction of sp³-hybridized carbons (Fsp3) is 0.750. The number of aryl methyl sites for hydroxylation is 1. The average molecular weight is 286 g/mol. The molecule has 1 aromatic rings. The summed E-state index contributed by atoms with van der Waals surface area (Å²) in [7, 11) is -1.23. The molecule has 1 aromatic heterocycles. The van der Waals surface area contributed by atoms with E-state index in [9.17, 15) is 8.42 Å². The molecule has 0 saturated heterocycles. The molecule has 1 aliphatic carbocycles. The Morgan fingerprint density at radius 2 is 2.05 bits per heavy atom. The third-order valence-corrected chi connectivity index (χ3v) is 4.53. The molecule has 6 nitrogen and oxygen atoms in total. The van der Waals surface area contributed by atoms with E-state index in [4.69, 9.17) is 5.73 Å². The minimum Gasteiger partial charge on any atom is -0.384 e. The fourth-order valence-corrected chi connectivity index (χ4v) is 3.17. The van der Waals surface area contributed by atoms with Gasteiger partial charge in [-0.25, -0.2) is 13.1 Å². The third-order valence-electron chi connectivity index (χ3n) is 3.83. The number of hydrogen-bond donors (Lipinski definition) is 2. The number of aromatic nitrogens is 2. The van der Waals surface area contributed by atoms with Crippen molar-refractivity contribution < 1.29 is 8.42 Å². The van der Waals surface area contributed by atoms with E-state index in [-0.39, 0.29) is 0 Å². The van der Waals surface area contributed by atoms with Gasteiger partial charge in [0, 0.05) is 25.6 Å². The van der Waals surface area contributed by atoms with E-state index in [1.54, 1.807) is 4.68 Å². The smallest absolute Gasteiger partial charge is 0.208 e. The van der Waals surface area contributed by atoms with Gasteiger partial charge in [-0.1, -0.05) is 0 Å². The van der Waals surface area contributed by atoms with Crippen LogP contribution in [0.1, 0.15) is 37.3 Å². The zero-order chi connectivity index (χ0) is 14.0. The molecule has 0 amide bonds. The zero-order valence-corrected chi connectivity index (χ0v) is 12.3. The maximum Gasteiger partial charge on any atom is 0.208 e. The Hall–Kier alpha value is -1.08. The molecule has 2 rings (SSSR count). The van der Waals surface area contributed by atoms with Gasteiger partial charge < -0.3 is 5.73 Å². The lowest BCUT2D eigenvalue weighted by Gasteiger charge is -2.27. The maximum atomic E-state index is 11.1. The second-order valence-electron chi connectivity index (χ2n) is 5.46. The molecule has 1 fully saturated rings. The Morgan fingerprint density at radius 3 is 2.53 bits per heavy atom. The second kappa shape index (κ2) is 5.50. The lowest BCUT2D eigenvalue weighted by atomic mass is 9.80.